The van der Waals surface area contributed by atoms with Gasteiger partial charge in [-0.1, -0.05) is 36.4 Å². The van der Waals surface area contributed by atoms with Gasteiger partial charge in [0.1, 0.15) is 5.75 Å². The summed E-state index contributed by atoms with van der Waals surface area (Å²) in [6.45, 7) is 3.98. The molecule has 0 saturated heterocycles. The molecule has 3 aliphatic rings. The summed E-state index contributed by atoms with van der Waals surface area (Å²) in [5.74, 6) is 0.612. The van der Waals surface area contributed by atoms with Gasteiger partial charge in [0.25, 0.3) is 0 Å². The van der Waals surface area contributed by atoms with E-state index < -0.39 is 0 Å². The minimum Gasteiger partial charge on any atom is -0.491 e. The number of hydrogen-bond donors (Lipinski definition) is 1. The molecule has 1 heterocycles. The van der Waals surface area contributed by atoms with E-state index in [0.717, 1.165) is 46.7 Å². The molecule has 0 fully saturated rings. The fourth-order valence-electron chi connectivity index (χ4n) is 4.68. The summed E-state index contributed by atoms with van der Waals surface area (Å²) < 4.78 is 5.77. The molecule has 1 N–H and O–H groups in total. The Kier molecular flexibility index (Phi) is 4.16. The summed E-state index contributed by atoms with van der Waals surface area (Å²) >= 11 is 0. The maximum absolute atomic E-state index is 13.4. The summed E-state index contributed by atoms with van der Waals surface area (Å²) in [6, 6.07) is 15.5. The fourth-order valence-corrected chi connectivity index (χ4v) is 4.68. The predicted octanol–water partition coefficient (Wildman–Crippen LogP) is 4.78. The van der Waals surface area contributed by atoms with E-state index in [1.165, 1.54) is 0 Å². The van der Waals surface area contributed by atoms with Crippen LogP contribution in [0, 0.1) is 0 Å². The molecule has 1 unspecified atom stereocenters. The Hall–Kier alpha value is -3.14. The fraction of sp³-hybridized carbons (Fsp3) is 0.280. The highest BCUT2D eigenvalue weighted by Crippen LogP contribution is 2.48. The highest BCUT2D eigenvalue weighted by Gasteiger charge is 2.43. The average molecular weight is 385 g/mol. The molecule has 1 aliphatic heterocycles. The number of carbonyl (C=O) groups is 2. The standard InChI is InChI=1S/C25H23NO3/c1-14(2)29-16-12-10-15(11-13-16)21-22-19(8-5-9-20(22)27)26-24-17-6-3-4-7-18(17)25(28)23(21)24/h3-4,6-7,10-14,21,26H,5,8-9H2,1-2H3. The second kappa shape index (κ2) is 6.73. The average Bonchev–Trinajstić information content (AvgIpc) is 2.99. The zero-order valence-electron chi connectivity index (χ0n) is 16.6. The number of ether oxygens (including phenoxy) is 1. The number of rotatable bonds is 3. The van der Waals surface area contributed by atoms with Crippen molar-refractivity contribution in [3.63, 3.8) is 0 Å². The molecule has 0 bridgehead atoms. The van der Waals surface area contributed by atoms with Crippen LogP contribution >= 0.6 is 0 Å². The third-order valence-electron chi connectivity index (χ3n) is 5.85. The molecule has 4 heteroatoms. The first-order valence-electron chi connectivity index (χ1n) is 10.2. The van der Waals surface area contributed by atoms with Crippen molar-refractivity contribution in [2.45, 2.75) is 45.1 Å². The molecule has 2 aromatic carbocycles. The van der Waals surface area contributed by atoms with Crippen molar-refractivity contribution < 1.29 is 14.3 Å². The Morgan fingerprint density at radius 3 is 2.38 bits per heavy atom. The summed E-state index contributed by atoms with van der Waals surface area (Å²) in [5.41, 5.74) is 5.89. The van der Waals surface area contributed by atoms with E-state index in [9.17, 15) is 9.59 Å². The number of fused-ring (bicyclic) bond motifs is 2. The maximum atomic E-state index is 13.4. The van der Waals surface area contributed by atoms with Crippen LogP contribution in [-0.4, -0.2) is 17.7 Å². The van der Waals surface area contributed by atoms with Gasteiger partial charge in [-0.05, 0) is 44.4 Å². The van der Waals surface area contributed by atoms with E-state index in [0.29, 0.717) is 17.6 Å². The van der Waals surface area contributed by atoms with E-state index in [2.05, 4.69) is 5.32 Å². The Morgan fingerprint density at radius 2 is 1.66 bits per heavy atom. The highest BCUT2D eigenvalue weighted by atomic mass is 16.5. The lowest BCUT2D eigenvalue weighted by Gasteiger charge is -2.33. The lowest BCUT2D eigenvalue weighted by molar-refractivity contribution is -0.116. The molecule has 1 atom stereocenters. The van der Waals surface area contributed by atoms with Crippen molar-refractivity contribution in [1.29, 1.82) is 0 Å². The molecular formula is C25H23NO3. The lowest BCUT2D eigenvalue weighted by atomic mass is 9.75. The Labute approximate surface area is 170 Å². The Bertz CT molecular complexity index is 1090. The van der Waals surface area contributed by atoms with E-state index >= 15 is 0 Å². The minimum atomic E-state index is -0.331. The van der Waals surface area contributed by atoms with Crippen LogP contribution in [-0.2, 0) is 4.79 Å². The molecule has 4 nitrogen and oxygen atoms in total. The summed E-state index contributed by atoms with van der Waals surface area (Å²) in [7, 11) is 0. The first-order chi connectivity index (χ1) is 14.0. The number of dihydropyridines is 1. The van der Waals surface area contributed by atoms with Gasteiger partial charge >= 0.3 is 0 Å². The number of benzene rings is 2. The van der Waals surface area contributed by atoms with Gasteiger partial charge in [-0.15, -0.1) is 0 Å². The lowest BCUT2D eigenvalue weighted by Crippen LogP contribution is -2.31. The van der Waals surface area contributed by atoms with Crippen LogP contribution in [0.5, 0.6) is 5.75 Å². The van der Waals surface area contributed by atoms with E-state index in [4.69, 9.17) is 4.74 Å². The first kappa shape index (κ1) is 17.9. The van der Waals surface area contributed by atoms with Crippen LogP contribution in [0.15, 0.2) is 65.4 Å². The van der Waals surface area contributed by atoms with Crippen molar-refractivity contribution in [3.8, 4) is 5.75 Å². The number of nitrogens with one attached hydrogen (secondary N) is 1. The first-order valence-corrected chi connectivity index (χ1v) is 10.2. The van der Waals surface area contributed by atoms with Gasteiger partial charge < -0.3 is 10.1 Å². The third kappa shape index (κ3) is 2.82. The normalized spacial score (nSPS) is 20.4. The van der Waals surface area contributed by atoms with Gasteiger partial charge in [-0.25, -0.2) is 0 Å². The molecule has 0 radical (unpaired) electrons. The molecule has 2 aromatic rings. The molecule has 5 rings (SSSR count). The number of carbonyl (C=O) groups excluding carboxylic acids is 2. The monoisotopic (exact) mass is 385 g/mol. The quantitative estimate of drug-likeness (QED) is 0.826. The molecule has 2 aliphatic carbocycles. The molecular weight excluding hydrogens is 362 g/mol. The van der Waals surface area contributed by atoms with Crippen LogP contribution in [0.3, 0.4) is 0 Å². The van der Waals surface area contributed by atoms with Crippen LogP contribution in [0.2, 0.25) is 0 Å². The topological polar surface area (TPSA) is 55.4 Å². The van der Waals surface area contributed by atoms with Crippen molar-refractivity contribution in [2.24, 2.45) is 0 Å². The number of ketones is 2. The molecule has 146 valence electrons. The summed E-state index contributed by atoms with van der Waals surface area (Å²) in [4.78, 5) is 26.3. The molecule has 29 heavy (non-hydrogen) atoms. The second-order valence-corrected chi connectivity index (χ2v) is 8.13. The number of allylic oxidation sites excluding steroid dienone is 3. The Morgan fingerprint density at radius 1 is 0.931 bits per heavy atom. The Balaban J connectivity index is 1.65. The smallest absolute Gasteiger partial charge is 0.192 e. The second-order valence-electron chi connectivity index (χ2n) is 8.13. The molecule has 0 saturated carbocycles. The van der Waals surface area contributed by atoms with E-state index in [-0.39, 0.29) is 23.6 Å². The van der Waals surface area contributed by atoms with Crippen molar-refractivity contribution in [3.05, 3.63) is 82.1 Å². The predicted molar refractivity (Wildman–Crippen MR) is 112 cm³/mol. The number of Topliss-reactive ketones (excluding diaryl/α,β-unsaturated/α-hetero) is 2. The van der Waals surface area contributed by atoms with Crippen LogP contribution in [0.1, 0.15) is 60.5 Å². The van der Waals surface area contributed by atoms with Gasteiger partial charge in [0.05, 0.1) is 11.8 Å². The minimum absolute atomic E-state index is 0.0144. The van der Waals surface area contributed by atoms with Crippen molar-refractivity contribution >= 4 is 17.3 Å². The molecule has 0 spiro atoms. The largest absolute Gasteiger partial charge is 0.491 e. The zero-order chi connectivity index (χ0) is 20.1. The van der Waals surface area contributed by atoms with Gasteiger partial charge in [0.2, 0.25) is 0 Å². The third-order valence-corrected chi connectivity index (χ3v) is 5.85. The van der Waals surface area contributed by atoms with Crippen LogP contribution in [0.4, 0.5) is 0 Å². The number of hydrogen-bond acceptors (Lipinski definition) is 4. The van der Waals surface area contributed by atoms with Gasteiger partial charge in [-0.2, -0.15) is 0 Å². The van der Waals surface area contributed by atoms with Crippen molar-refractivity contribution in [2.75, 3.05) is 0 Å². The zero-order valence-corrected chi connectivity index (χ0v) is 16.6. The molecule has 0 amide bonds. The van der Waals surface area contributed by atoms with Gasteiger partial charge in [-0.3, -0.25) is 9.59 Å². The van der Waals surface area contributed by atoms with Crippen LogP contribution < -0.4 is 10.1 Å². The highest BCUT2D eigenvalue weighted by molar-refractivity contribution is 6.23. The summed E-state index contributed by atoms with van der Waals surface area (Å²) in [5, 5.41) is 3.46. The van der Waals surface area contributed by atoms with E-state index in [1.807, 2.05) is 62.4 Å². The van der Waals surface area contributed by atoms with Crippen molar-refractivity contribution in [1.82, 2.24) is 5.32 Å². The SMILES string of the molecule is CC(C)Oc1ccc(C2C3=C(CCCC3=O)NC3=C2C(=O)c2ccccc23)cc1. The van der Waals surface area contributed by atoms with Crippen LogP contribution in [0.25, 0.3) is 5.70 Å². The molecule has 0 aromatic heterocycles. The van der Waals surface area contributed by atoms with Gasteiger partial charge in [0.15, 0.2) is 11.6 Å². The summed E-state index contributed by atoms with van der Waals surface area (Å²) in [6.07, 6.45) is 2.31. The maximum Gasteiger partial charge on any atom is 0.192 e. The van der Waals surface area contributed by atoms with Gasteiger partial charge in [0, 0.05) is 40.3 Å². The van der Waals surface area contributed by atoms with E-state index in [1.54, 1.807) is 0 Å².